The lowest BCUT2D eigenvalue weighted by molar-refractivity contribution is 0.807. The number of alkyl halides is 4. The molecule has 4 heteroatoms. The average molecular weight is 365 g/mol. The minimum Gasteiger partial charge on any atom is -0.114 e. The van der Waals surface area contributed by atoms with Crippen molar-refractivity contribution >= 4 is 55.1 Å². The Labute approximate surface area is 113 Å². The maximum absolute atomic E-state index is 6.17. The predicted molar refractivity (Wildman–Crippen MR) is 74.4 cm³/mol. The molecule has 0 unspecified atom stereocenters. The van der Waals surface area contributed by atoms with Crippen LogP contribution in [0.15, 0.2) is 24.8 Å². The van der Waals surface area contributed by atoms with Crippen LogP contribution in [0.5, 0.6) is 0 Å². The van der Waals surface area contributed by atoms with Crippen molar-refractivity contribution in [3.63, 3.8) is 0 Å². The fourth-order valence-electron chi connectivity index (χ4n) is 0.630. The molecule has 0 heterocycles. The summed E-state index contributed by atoms with van der Waals surface area (Å²) in [4.78, 5) is -0.845. The van der Waals surface area contributed by atoms with E-state index in [1.807, 2.05) is 26.0 Å². The third kappa shape index (κ3) is 5.20. The van der Waals surface area contributed by atoms with E-state index in [1.54, 1.807) is 6.08 Å². The van der Waals surface area contributed by atoms with Crippen LogP contribution in [0.4, 0.5) is 0 Å². The number of hydrogen-bond donors (Lipinski definition) is 0. The van der Waals surface area contributed by atoms with E-state index in [2.05, 4.69) is 38.4 Å². The molecule has 0 aliphatic rings. The molecule has 3 atom stereocenters. The first kappa shape index (κ1) is 15.0. The highest BCUT2D eigenvalue weighted by molar-refractivity contribution is 9.09. The molecule has 0 N–H and O–H groups in total. The zero-order valence-corrected chi connectivity index (χ0v) is 12.9. The summed E-state index contributed by atoms with van der Waals surface area (Å²) in [5.74, 6) is 0. The van der Waals surface area contributed by atoms with Gasteiger partial charge in [-0.15, -0.1) is 29.8 Å². The summed E-state index contributed by atoms with van der Waals surface area (Å²) in [5, 5.41) is 0.699. The zero-order valence-electron chi connectivity index (χ0n) is 8.24. The van der Waals surface area contributed by atoms with E-state index in [-0.39, 0.29) is 9.70 Å². The topological polar surface area (TPSA) is 0 Å². The van der Waals surface area contributed by atoms with Gasteiger partial charge in [0.05, 0.1) is 14.6 Å². The number of rotatable bonds is 5. The van der Waals surface area contributed by atoms with Gasteiger partial charge in [-0.1, -0.05) is 50.1 Å². The summed E-state index contributed by atoms with van der Waals surface area (Å²) in [6.07, 6.45) is 5.58. The highest BCUT2D eigenvalue weighted by Gasteiger charge is 2.25. The van der Waals surface area contributed by atoms with Crippen LogP contribution >= 0.6 is 55.1 Å². The molecule has 0 saturated carbocycles. The third-order valence-electron chi connectivity index (χ3n) is 1.81. The van der Waals surface area contributed by atoms with Crippen LogP contribution in [0.2, 0.25) is 0 Å². The van der Waals surface area contributed by atoms with Crippen molar-refractivity contribution < 1.29 is 0 Å². The maximum Gasteiger partial charge on any atom is 0.0754 e. The molecule has 0 bridgehead atoms. The van der Waals surface area contributed by atoms with Crippen molar-refractivity contribution in [3.8, 4) is 0 Å². The summed E-state index contributed by atoms with van der Waals surface area (Å²) in [7, 11) is 0. The summed E-state index contributed by atoms with van der Waals surface area (Å²) < 4.78 is 0. The molecule has 0 spiro atoms. The quantitative estimate of drug-likeness (QED) is 0.481. The first-order chi connectivity index (χ1) is 6.25. The summed E-state index contributed by atoms with van der Waals surface area (Å²) in [6, 6.07) is 0. The van der Waals surface area contributed by atoms with Crippen LogP contribution in [-0.2, 0) is 0 Å². The molecule has 0 aromatic rings. The van der Waals surface area contributed by atoms with E-state index in [0.717, 1.165) is 0 Å². The molecule has 14 heavy (non-hydrogen) atoms. The molecule has 0 saturated heterocycles. The van der Waals surface area contributed by atoms with Crippen molar-refractivity contribution in [2.45, 2.75) is 28.4 Å². The fourth-order valence-corrected chi connectivity index (χ4v) is 1.30. The van der Waals surface area contributed by atoms with Gasteiger partial charge >= 0.3 is 0 Å². The lowest BCUT2D eigenvalue weighted by Crippen LogP contribution is -2.25. The van der Waals surface area contributed by atoms with Gasteiger partial charge < -0.3 is 0 Å². The van der Waals surface area contributed by atoms with Crippen LogP contribution in [0, 0.1) is 0 Å². The molecular weight excluding hydrogens is 351 g/mol. The summed E-state index contributed by atoms with van der Waals surface area (Å²) in [5.41, 5.74) is 0. The van der Waals surface area contributed by atoms with Gasteiger partial charge in [0.2, 0.25) is 0 Å². The van der Waals surface area contributed by atoms with Gasteiger partial charge in [0.1, 0.15) is 0 Å². The van der Waals surface area contributed by atoms with Crippen molar-refractivity contribution in [2.24, 2.45) is 0 Å². The molecule has 0 fully saturated rings. The molecule has 0 aliphatic carbocycles. The van der Waals surface area contributed by atoms with E-state index in [0.29, 0.717) is 5.33 Å². The Morgan fingerprint density at radius 1 is 1.43 bits per heavy atom. The molecule has 0 rings (SSSR count). The van der Waals surface area contributed by atoms with Crippen LogP contribution < -0.4 is 0 Å². The minimum atomic E-state index is -0.490. The monoisotopic (exact) mass is 362 g/mol. The van der Waals surface area contributed by atoms with Gasteiger partial charge in [-0.25, -0.2) is 0 Å². The Bertz CT molecular complexity index is 222. The van der Waals surface area contributed by atoms with E-state index in [4.69, 9.17) is 23.2 Å². The molecule has 0 amide bonds. The lowest BCUT2D eigenvalue weighted by Gasteiger charge is -2.22. The second-order valence-corrected chi connectivity index (χ2v) is 6.75. The minimum absolute atomic E-state index is 0.0197. The van der Waals surface area contributed by atoms with E-state index in [9.17, 15) is 0 Å². The summed E-state index contributed by atoms with van der Waals surface area (Å²) in [6.45, 7) is 7.50. The van der Waals surface area contributed by atoms with Gasteiger partial charge in [0, 0.05) is 5.33 Å². The number of allylic oxidation sites excluding steroid dienone is 3. The van der Waals surface area contributed by atoms with Gasteiger partial charge in [0.25, 0.3) is 0 Å². The fraction of sp³-hybridized carbons (Fsp3) is 0.600. The van der Waals surface area contributed by atoms with Gasteiger partial charge in [-0.3, -0.25) is 0 Å². The van der Waals surface area contributed by atoms with Crippen molar-refractivity contribution in [2.75, 3.05) is 5.33 Å². The SMILES string of the molecule is C=C[C@@](C)(Cl)[C@H](Br)/C=C/[C@@](C)(Cl)CBr. The number of hydrogen-bond acceptors (Lipinski definition) is 0. The maximum atomic E-state index is 6.17. The van der Waals surface area contributed by atoms with Crippen LogP contribution in [-0.4, -0.2) is 19.9 Å². The highest BCUT2D eigenvalue weighted by atomic mass is 79.9. The average Bonchev–Trinajstić information content (AvgIpc) is 2.14. The lowest BCUT2D eigenvalue weighted by atomic mass is 10.1. The standard InChI is InChI=1S/C10H14Br2Cl2/c1-4-10(3,14)8(12)5-6-9(2,13)7-11/h4-6,8H,1,7H2,2-3H3/b6-5+/t8-,9-,10-/m1/s1. The van der Waals surface area contributed by atoms with Crippen LogP contribution in [0.25, 0.3) is 0 Å². The van der Waals surface area contributed by atoms with Gasteiger partial charge in [0.15, 0.2) is 0 Å². The molecule has 0 aromatic heterocycles. The molecule has 0 radical (unpaired) electrons. The summed E-state index contributed by atoms with van der Waals surface area (Å²) >= 11 is 19.1. The Kier molecular flexibility index (Phi) is 6.36. The Morgan fingerprint density at radius 2 is 1.93 bits per heavy atom. The first-order valence-corrected chi connectivity index (χ1v) is 6.95. The molecule has 0 aliphatic heterocycles. The van der Waals surface area contributed by atoms with E-state index >= 15 is 0 Å². The van der Waals surface area contributed by atoms with Crippen LogP contribution in [0.3, 0.4) is 0 Å². The van der Waals surface area contributed by atoms with Crippen LogP contribution in [0.1, 0.15) is 13.8 Å². The van der Waals surface area contributed by atoms with E-state index < -0.39 is 4.87 Å². The largest absolute Gasteiger partial charge is 0.114 e. The van der Waals surface area contributed by atoms with Crippen molar-refractivity contribution in [3.05, 3.63) is 24.8 Å². The smallest absolute Gasteiger partial charge is 0.0754 e. The second kappa shape index (κ2) is 5.93. The van der Waals surface area contributed by atoms with Crippen molar-refractivity contribution in [1.29, 1.82) is 0 Å². The molecular formula is C10H14Br2Cl2. The van der Waals surface area contributed by atoms with Crippen molar-refractivity contribution in [1.82, 2.24) is 0 Å². The van der Waals surface area contributed by atoms with E-state index in [1.165, 1.54) is 0 Å². The zero-order chi connectivity index (χ0) is 11.4. The number of halogens is 4. The molecule has 82 valence electrons. The molecule has 0 aromatic carbocycles. The third-order valence-corrected chi connectivity index (χ3v) is 5.47. The Hall–Kier alpha value is 1.02. The Balaban J connectivity index is 4.46. The second-order valence-electron chi connectivity index (χ2n) is 3.53. The molecule has 0 nitrogen and oxygen atoms in total. The first-order valence-electron chi connectivity index (χ1n) is 4.16. The van der Waals surface area contributed by atoms with Gasteiger partial charge in [-0.05, 0) is 13.8 Å². The predicted octanol–water partition coefficient (Wildman–Crippen LogP) is 4.88. The normalized spacial score (nSPS) is 22.7. The van der Waals surface area contributed by atoms with Gasteiger partial charge in [-0.2, -0.15) is 0 Å². The highest BCUT2D eigenvalue weighted by Crippen LogP contribution is 2.29. The Morgan fingerprint density at radius 3 is 2.29 bits per heavy atom.